The molecule has 0 radical (unpaired) electrons. The fourth-order valence-electron chi connectivity index (χ4n) is 2.06. The van der Waals surface area contributed by atoms with Crippen LogP contribution in [0.5, 0.6) is 0 Å². The van der Waals surface area contributed by atoms with E-state index in [0.717, 1.165) is 11.4 Å². The number of halogens is 1. The predicted molar refractivity (Wildman–Crippen MR) is 76.7 cm³/mol. The van der Waals surface area contributed by atoms with E-state index in [9.17, 15) is 0 Å². The van der Waals surface area contributed by atoms with Crippen LogP contribution >= 0.6 is 11.6 Å². The molecule has 2 aromatic carbocycles. The molecule has 0 aromatic heterocycles. The molecule has 1 aliphatic carbocycles. The highest BCUT2D eigenvalue weighted by molar-refractivity contribution is 6.30. The third kappa shape index (κ3) is 2.56. The van der Waals surface area contributed by atoms with Gasteiger partial charge in [0.25, 0.3) is 0 Å². The third-order valence-corrected chi connectivity index (χ3v) is 3.43. The molecule has 0 heterocycles. The molecular formula is C17H13Cl. The summed E-state index contributed by atoms with van der Waals surface area (Å²) in [4.78, 5) is 0. The molecular weight excluding hydrogens is 240 g/mol. The largest absolute Gasteiger partial charge is 0.120 e. The summed E-state index contributed by atoms with van der Waals surface area (Å²) in [5, 5.41) is 0.796. The van der Waals surface area contributed by atoms with Gasteiger partial charge in [0.15, 0.2) is 0 Å². The van der Waals surface area contributed by atoms with Crippen molar-refractivity contribution in [3.8, 4) is 0 Å². The van der Waals surface area contributed by atoms with E-state index in [-0.39, 0.29) is 0 Å². The van der Waals surface area contributed by atoms with Crippen LogP contribution < -0.4 is 0 Å². The molecule has 0 saturated heterocycles. The summed E-state index contributed by atoms with van der Waals surface area (Å²) in [7, 11) is 0. The maximum Gasteiger partial charge on any atom is 0.0406 e. The first-order chi connectivity index (χ1) is 8.83. The summed E-state index contributed by atoms with van der Waals surface area (Å²) in [5.74, 6) is 0.544. The van der Waals surface area contributed by atoms with Crippen molar-refractivity contribution in [3.05, 3.63) is 82.1 Å². The predicted octanol–water partition coefficient (Wildman–Crippen LogP) is 5.07. The minimum absolute atomic E-state index is 0.544. The van der Waals surface area contributed by atoms with Gasteiger partial charge in [-0.25, -0.2) is 0 Å². The summed E-state index contributed by atoms with van der Waals surface area (Å²) in [6, 6.07) is 18.4. The highest BCUT2D eigenvalue weighted by Crippen LogP contribution is 2.46. The molecule has 1 aliphatic rings. The highest BCUT2D eigenvalue weighted by Gasteiger charge is 2.30. The molecule has 2 aromatic rings. The Bertz CT molecular complexity index is 602. The SMILES string of the molecule is Clc1ccc(C2CC2=C=Cc2ccccc2)cc1. The standard InChI is InChI=1S/C17H13Cl/c18-16-10-8-14(9-11-16)17-12-15(17)7-6-13-4-2-1-3-5-13/h1-6,8-11,17H,12H2. The molecule has 0 N–H and O–H groups in total. The maximum absolute atomic E-state index is 5.89. The lowest BCUT2D eigenvalue weighted by Crippen LogP contribution is -1.76. The van der Waals surface area contributed by atoms with Crippen molar-refractivity contribution >= 4 is 17.7 Å². The van der Waals surface area contributed by atoms with E-state index in [0.29, 0.717) is 5.92 Å². The molecule has 1 fully saturated rings. The Labute approximate surface area is 112 Å². The van der Waals surface area contributed by atoms with E-state index in [1.165, 1.54) is 16.7 Å². The second-order valence-electron chi connectivity index (χ2n) is 4.53. The molecule has 0 spiro atoms. The molecule has 1 unspecified atom stereocenters. The van der Waals surface area contributed by atoms with Crippen LogP contribution in [0.4, 0.5) is 0 Å². The van der Waals surface area contributed by atoms with Crippen LogP contribution in [0, 0.1) is 0 Å². The first-order valence-electron chi connectivity index (χ1n) is 6.09. The fourth-order valence-corrected chi connectivity index (χ4v) is 2.19. The Hall–Kier alpha value is -1.75. The van der Waals surface area contributed by atoms with Gasteiger partial charge in [0, 0.05) is 10.9 Å². The average Bonchev–Trinajstić information content (AvgIpc) is 3.18. The quantitative estimate of drug-likeness (QED) is 0.655. The highest BCUT2D eigenvalue weighted by atomic mass is 35.5. The van der Waals surface area contributed by atoms with Gasteiger partial charge in [0.05, 0.1) is 0 Å². The number of allylic oxidation sites excluding steroid dienone is 1. The van der Waals surface area contributed by atoms with Crippen molar-refractivity contribution < 1.29 is 0 Å². The van der Waals surface area contributed by atoms with E-state index in [4.69, 9.17) is 11.6 Å². The summed E-state index contributed by atoms with van der Waals surface area (Å²) < 4.78 is 0. The van der Waals surface area contributed by atoms with E-state index < -0.39 is 0 Å². The van der Waals surface area contributed by atoms with Crippen molar-refractivity contribution in [2.24, 2.45) is 0 Å². The van der Waals surface area contributed by atoms with E-state index in [2.05, 4.69) is 36.1 Å². The van der Waals surface area contributed by atoms with Crippen LogP contribution in [0.2, 0.25) is 5.02 Å². The smallest absolute Gasteiger partial charge is 0.0406 e. The van der Waals surface area contributed by atoms with Crippen molar-refractivity contribution in [2.75, 3.05) is 0 Å². The van der Waals surface area contributed by atoms with E-state index in [1.54, 1.807) is 0 Å². The van der Waals surface area contributed by atoms with Gasteiger partial charge in [-0.2, -0.15) is 0 Å². The Morgan fingerprint density at radius 2 is 1.72 bits per heavy atom. The molecule has 18 heavy (non-hydrogen) atoms. The first kappa shape index (κ1) is 11.3. The molecule has 1 atom stereocenters. The first-order valence-corrected chi connectivity index (χ1v) is 6.47. The zero-order chi connectivity index (χ0) is 12.4. The van der Waals surface area contributed by atoms with Crippen molar-refractivity contribution in [2.45, 2.75) is 12.3 Å². The van der Waals surface area contributed by atoms with Gasteiger partial charge >= 0.3 is 0 Å². The number of hydrogen-bond acceptors (Lipinski definition) is 0. The lowest BCUT2D eigenvalue weighted by Gasteiger charge is -1.95. The molecule has 88 valence electrons. The number of benzene rings is 2. The van der Waals surface area contributed by atoms with Crippen LogP contribution in [-0.2, 0) is 0 Å². The molecule has 1 heteroatoms. The molecule has 3 rings (SSSR count). The van der Waals surface area contributed by atoms with Gasteiger partial charge < -0.3 is 0 Å². The van der Waals surface area contributed by atoms with Gasteiger partial charge in [0.1, 0.15) is 0 Å². The Balaban J connectivity index is 1.78. The molecule has 0 aliphatic heterocycles. The minimum Gasteiger partial charge on any atom is -0.120 e. The minimum atomic E-state index is 0.544. The monoisotopic (exact) mass is 252 g/mol. The van der Waals surface area contributed by atoms with Crippen LogP contribution in [0.3, 0.4) is 0 Å². The topological polar surface area (TPSA) is 0 Å². The Morgan fingerprint density at radius 1 is 1.00 bits per heavy atom. The van der Waals surface area contributed by atoms with Gasteiger partial charge in [-0.05, 0) is 41.3 Å². The van der Waals surface area contributed by atoms with Crippen LogP contribution in [0.25, 0.3) is 6.08 Å². The summed E-state index contributed by atoms with van der Waals surface area (Å²) in [5.41, 5.74) is 7.31. The Morgan fingerprint density at radius 3 is 2.44 bits per heavy atom. The maximum atomic E-state index is 5.89. The van der Waals surface area contributed by atoms with E-state index >= 15 is 0 Å². The summed E-state index contributed by atoms with van der Waals surface area (Å²) in [6.45, 7) is 0. The summed E-state index contributed by atoms with van der Waals surface area (Å²) >= 11 is 5.89. The van der Waals surface area contributed by atoms with Crippen molar-refractivity contribution in [1.82, 2.24) is 0 Å². The van der Waals surface area contributed by atoms with Crippen molar-refractivity contribution in [1.29, 1.82) is 0 Å². The van der Waals surface area contributed by atoms with Crippen molar-refractivity contribution in [3.63, 3.8) is 0 Å². The summed E-state index contributed by atoms with van der Waals surface area (Å²) in [6.07, 6.45) is 3.18. The Kier molecular flexibility index (Phi) is 3.06. The molecule has 0 nitrogen and oxygen atoms in total. The van der Waals surface area contributed by atoms with Crippen LogP contribution in [0.15, 0.2) is 65.9 Å². The van der Waals surface area contributed by atoms with Gasteiger partial charge in [-0.1, -0.05) is 54.1 Å². The zero-order valence-corrected chi connectivity index (χ0v) is 10.7. The lowest BCUT2D eigenvalue weighted by atomic mass is 10.1. The normalized spacial score (nSPS) is 17.2. The second kappa shape index (κ2) is 4.86. The third-order valence-electron chi connectivity index (χ3n) is 3.18. The second-order valence-corrected chi connectivity index (χ2v) is 4.97. The number of hydrogen-bond donors (Lipinski definition) is 0. The van der Waals surface area contributed by atoms with Gasteiger partial charge in [-0.3, -0.25) is 0 Å². The van der Waals surface area contributed by atoms with E-state index in [1.807, 2.05) is 30.3 Å². The fraction of sp³-hybridized carbons (Fsp3) is 0.118. The van der Waals surface area contributed by atoms with Crippen LogP contribution in [-0.4, -0.2) is 0 Å². The van der Waals surface area contributed by atoms with Gasteiger partial charge in [-0.15, -0.1) is 5.73 Å². The molecule has 0 bridgehead atoms. The van der Waals surface area contributed by atoms with Gasteiger partial charge in [0.2, 0.25) is 0 Å². The molecule has 0 amide bonds. The number of rotatable bonds is 2. The average molecular weight is 253 g/mol. The lowest BCUT2D eigenvalue weighted by molar-refractivity contribution is 1.16. The zero-order valence-electron chi connectivity index (χ0n) is 9.94. The molecule has 1 saturated carbocycles. The van der Waals surface area contributed by atoms with Crippen LogP contribution in [0.1, 0.15) is 23.5 Å².